The molecule has 1 aromatic carbocycles. The van der Waals surface area contributed by atoms with Crippen LogP contribution in [0.1, 0.15) is 40.0 Å². The third kappa shape index (κ3) is 2.60. The van der Waals surface area contributed by atoms with E-state index in [1.54, 1.807) is 0 Å². The topological polar surface area (TPSA) is 18.8 Å². The van der Waals surface area contributed by atoms with Gasteiger partial charge in [0.05, 0.1) is 5.69 Å². The van der Waals surface area contributed by atoms with Gasteiger partial charge in [-0.15, -0.1) is 0 Å². The van der Waals surface area contributed by atoms with Gasteiger partial charge in [0, 0.05) is 12.5 Å². The molecular formula is C16H21N3. The van der Waals surface area contributed by atoms with E-state index < -0.39 is 0 Å². The fraction of sp³-hybridized carbons (Fsp3) is 0.500. The highest BCUT2D eigenvalue weighted by Crippen LogP contribution is 2.36. The number of rotatable bonds is 2. The smallest absolute Gasteiger partial charge is 0.233 e. The second-order valence-electron chi connectivity index (χ2n) is 6.59. The summed E-state index contributed by atoms with van der Waals surface area (Å²) in [6.45, 7) is 10.3. The summed E-state index contributed by atoms with van der Waals surface area (Å²) in [5.74, 6) is 1.16. The SMILES string of the molecule is CC(C)(C)C[C@H]1CCC2=NN(c3ccccc3)[C]N21. The molecule has 100 valence electrons. The fourth-order valence-electron chi connectivity index (χ4n) is 2.82. The van der Waals surface area contributed by atoms with Crippen LogP contribution in [0.4, 0.5) is 5.69 Å². The van der Waals surface area contributed by atoms with Gasteiger partial charge < -0.3 is 4.90 Å². The van der Waals surface area contributed by atoms with Gasteiger partial charge in [0.15, 0.2) is 0 Å². The molecule has 0 spiro atoms. The highest BCUT2D eigenvalue weighted by atomic mass is 15.6. The first-order valence-electron chi connectivity index (χ1n) is 7.01. The highest BCUT2D eigenvalue weighted by molar-refractivity contribution is 5.88. The Bertz CT molecular complexity index is 473. The van der Waals surface area contributed by atoms with Crippen LogP contribution in [0, 0.1) is 12.1 Å². The van der Waals surface area contributed by atoms with Crippen LogP contribution in [0.2, 0.25) is 0 Å². The normalized spacial score (nSPS) is 22.7. The largest absolute Gasteiger partial charge is 0.323 e. The van der Waals surface area contributed by atoms with Crippen LogP contribution in [0.3, 0.4) is 0 Å². The molecule has 3 nitrogen and oxygen atoms in total. The maximum atomic E-state index is 4.67. The van der Waals surface area contributed by atoms with Gasteiger partial charge in [0.2, 0.25) is 6.67 Å². The summed E-state index contributed by atoms with van der Waals surface area (Å²) in [6, 6.07) is 10.8. The number of anilines is 1. The quantitative estimate of drug-likeness (QED) is 0.802. The number of hydrazone groups is 1. The minimum Gasteiger partial charge on any atom is -0.323 e. The molecule has 1 aromatic rings. The van der Waals surface area contributed by atoms with Crippen LogP contribution >= 0.6 is 0 Å². The number of amidine groups is 1. The molecule has 0 bridgehead atoms. The van der Waals surface area contributed by atoms with Gasteiger partial charge in [-0.05, 0) is 30.4 Å². The van der Waals surface area contributed by atoms with Gasteiger partial charge in [-0.25, -0.2) is 5.01 Å². The molecule has 2 aliphatic rings. The second-order valence-corrected chi connectivity index (χ2v) is 6.59. The zero-order chi connectivity index (χ0) is 13.5. The van der Waals surface area contributed by atoms with E-state index in [1.807, 2.05) is 23.2 Å². The molecule has 3 rings (SSSR count). The van der Waals surface area contributed by atoms with E-state index in [1.165, 1.54) is 12.8 Å². The lowest BCUT2D eigenvalue weighted by atomic mass is 9.87. The van der Waals surface area contributed by atoms with Gasteiger partial charge in [-0.2, -0.15) is 5.10 Å². The van der Waals surface area contributed by atoms with Crippen molar-refractivity contribution in [1.29, 1.82) is 0 Å². The molecule has 2 heterocycles. The minimum atomic E-state index is 0.349. The summed E-state index contributed by atoms with van der Waals surface area (Å²) in [6.07, 6.45) is 3.45. The first-order valence-corrected chi connectivity index (χ1v) is 7.01. The molecule has 2 radical (unpaired) electrons. The Kier molecular flexibility index (Phi) is 3.00. The monoisotopic (exact) mass is 255 g/mol. The molecule has 0 aliphatic carbocycles. The van der Waals surface area contributed by atoms with E-state index in [0.717, 1.165) is 17.9 Å². The number of hydrogen-bond donors (Lipinski definition) is 0. The van der Waals surface area contributed by atoms with Crippen molar-refractivity contribution in [3.05, 3.63) is 37.0 Å². The number of fused-ring (bicyclic) bond motifs is 1. The summed E-state index contributed by atoms with van der Waals surface area (Å²) < 4.78 is 0. The summed E-state index contributed by atoms with van der Waals surface area (Å²) in [5.41, 5.74) is 1.43. The number of nitrogens with zero attached hydrogens (tertiary/aromatic N) is 3. The van der Waals surface area contributed by atoms with E-state index in [-0.39, 0.29) is 0 Å². The zero-order valence-corrected chi connectivity index (χ0v) is 11.9. The number of benzene rings is 1. The highest BCUT2D eigenvalue weighted by Gasteiger charge is 2.38. The van der Waals surface area contributed by atoms with Crippen molar-refractivity contribution in [2.24, 2.45) is 10.5 Å². The molecule has 0 aromatic heterocycles. The average molecular weight is 255 g/mol. The average Bonchev–Trinajstić information content (AvgIpc) is 2.91. The zero-order valence-electron chi connectivity index (χ0n) is 11.9. The van der Waals surface area contributed by atoms with E-state index in [0.29, 0.717) is 11.5 Å². The van der Waals surface area contributed by atoms with Crippen LogP contribution in [0.15, 0.2) is 35.4 Å². The van der Waals surface area contributed by atoms with Crippen LogP contribution in [0.5, 0.6) is 0 Å². The van der Waals surface area contributed by atoms with Crippen LogP contribution in [-0.2, 0) is 0 Å². The maximum absolute atomic E-state index is 4.67. The molecule has 2 aliphatic heterocycles. The third-order valence-corrected chi connectivity index (χ3v) is 3.61. The Morgan fingerprint density at radius 3 is 2.68 bits per heavy atom. The van der Waals surface area contributed by atoms with Crippen molar-refractivity contribution in [1.82, 2.24) is 4.90 Å². The standard InChI is InChI=1S/C16H21N3/c1-16(2,3)11-14-9-10-15-17-19(12-18(14)15)13-7-5-4-6-8-13/h4-8,14H,9-11H2,1-3H3/t14-/m1/s1. The Balaban J connectivity index is 1.73. The Morgan fingerprint density at radius 2 is 2.00 bits per heavy atom. The fourth-order valence-corrected chi connectivity index (χ4v) is 2.82. The lowest BCUT2D eigenvalue weighted by Gasteiger charge is -2.29. The minimum absolute atomic E-state index is 0.349. The molecule has 1 saturated heterocycles. The predicted octanol–water partition coefficient (Wildman–Crippen LogP) is 3.72. The maximum Gasteiger partial charge on any atom is 0.233 e. The summed E-state index contributed by atoms with van der Waals surface area (Å²) in [7, 11) is 0. The number of hydrogen-bond acceptors (Lipinski definition) is 3. The molecule has 0 unspecified atom stereocenters. The molecule has 3 heteroatoms. The van der Waals surface area contributed by atoms with Gasteiger partial charge in [-0.3, -0.25) is 0 Å². The Labute approximate surface area is 115 Å². The first kappa shape index (κ1) is 12.5. The van der Waals surface area contributed by atoms with E-state index in [9.17, 15) is 0 Å². The van der Waals surface area contributed by atoms with Crippen LogP contribution < -0.4 is 5.01 Å². The van der Waals surface area contributed by atoms with Crippen molar-refractivity contribution >= 4 is 11.5 Å². The third-order valence-electron chi connectivity index (χ3n) is 3.61. The lowest BCUT2D eigenvalue weighted by molar-refractivity contribution is 0.263. The second kappa shape index (κ2) is 4.55. The summed E-state index contributed by atoms with van der Waals surface area (Å²) in [4.78, 5) is 2.25. The Morgan fingerprint density at radius 1 is 1.26 bits per heavy atom. The van der Waals surface area contributed by atoms with Gasteiger partial charge in [0.1, 0.15) is 5.84 Å². The van der Waals surface area contributed by atoms with Crippen molar-refractivity contribution < 1.29 is 0 Å². The van der Waals surface area contributed by atoms with E-state index in [4.69, 9.17) is 0 Å². The van der Waals surface area contributed by atoms with E-state index in [2.05, 4.69) is 49.6 Å². The van der Waals surface area contributed by atoms with Crippen LogP contribution in [-0.4, -0.2) is 16.8 Å². The van der Waals surface area contributed by atoms with Gasteiger partial charge >= 0.3 is 0 Å². The molecule has 0 saturated carbocycles. The molecular weight excluding hydrogens is 234 g/mol. The molecule has 1 atom stereocenters. The van der Waals surface area contributed by atoms with Crippen molar-refractivity contribution in [2.45, 2.75) is 46.1 Å². The summed E-state index contributed by atoms with van der Waals surface area (Å²) in [5, 5.41) is 6.54. The molecule has 0 amide bonds. The predicted molar refractivity (Wildman–Crippen MR) is 78.5 cm³/mol. The lowest BCUT2D eigenvalue weighted by Crippen LogP contribution is -2.33. The Hall–Kier alpha value is -1.51. The van der Waals surface area contributed by atoms with Crippen LogP contribution in [0.25, 0.3) is 0 Å². The first-order chi connectivity index (χ1) is 9.03. The number of para-hydroxylation sites is 1. The molecule has 1 fully saturated rings. The van der Waals surface area contributed by atoms with Crippen molar-refractivity contribution in [3.8, 4) is 0 Å². The van der Waals surface area contributed by atoms with Crippen molar-refractivity contribution in [2.75, 3.05) is 5.01 Å². The van der Waals surface area contributed by atoms with E-state index >= 15 is 0 Å². The molecule has 0 N–H and O–H groups in total. The van der Waals surface area contributed by atoms with Gasteiger partial charge in [-0.1, -0.05) is 39.0 Å². The van der Waals surface area contributed by atoms with Gasteiger partial charge in [0.25, 0.3) is 0 Å². The van der Waals surface area contributed by atoms with Crippen molar-refractivity contribution in [3.63, 3.8) is 0 Å². The molecule has 19 heavy (non-hydrogen) atoms. The summed E-state index contributed by atoms with van der Waals surface area (Å²) >= 11 is 0.